The zero-order chi connectivity index (χ0) is 21.1. The molecule has 0 bridgehead atoms. The minimum atomic E-state index is -0.727. The van der Waals surface area contributed by atoms with E-state index in [-0.39, 0.29) is 28.2 Å². The molecule has 2 atom stereocenters. The first-order valence-corrected chi connectivity index (χ1v) is 9.30. The van der Waals surface area contributed by atoms with E-state index in [1.54, 1.807) is 36.0 Å². The number of amides is 2. The van der Waals surface area contributed by atoms with Crippen molar-refractivity contribution in [3.8, 4) is 11.3 Å². The monoisotopic (exact) mass is 416 g/mol. The molecule has 1 aromatic carbocycles. The molecule has 0 aliphatic carbocycles. The molecule has 152 valence electrons. The third kappa shape index (κ3) is 4.82. The summed E-state index contributed by atoms with van der Waals surface area (Å²) in [5, 5.41) is 23.6. The van der Waals surface area contributed by atoms with Crippen LogP contribution in [0.1, 0.15) is 46.5 Å². The predicted octanol–water partition coefficient (Wildman–Crippen LogP) is 1.90. The van der Waals surface area contributed by atoms with Crippen molar-refractivity contribution in [1.82, 2.24) is 25.3 Å². The minimum absolute atomic E-state index is 0.207. The number of H-pyrrole nitrogens is 1. The predicted molar refractivity (Wildman–Crippen MR) is 107 cm³/mol. The Balaban J connectivity index is 1.64. The molecule has 3 rings (SSSR count). The van der Waals surface area contributed by atoms with Crippen LogP contribution in [0.15, 0.2) is 36.5 Å². The van der Waals surface area contributed by atoms with E-state index >= 15 is 0 Å². The van der Waals surface area contributed by atoms with Crippen LogP contribution in [0.5, 0.6) is 0 Å². The maximum Gasteiger partial charge on any atom is 0.272 e. The molecule has 9 nitrogen and oxygen atoms in total. The first-order chi connectivity index (χ1) is 13.7. The minimum Gasteiger partial charge on any atom is -0.387 e. The SMILES string of the molecule is CC(O)c1cc(C(=O)N[C@@H](C)Cn2ccc(-c3ccc(C(N)=O)c(Cl)c3)n2)n[nH]1. The van der Waals surface area contributed by atoms with Crippen LogP contribution >= 0.6 is 11.6 Å². The molecule has 0 aliphatic heterocycles. The molecule has 10 heteroatoms. The lowest BCUT2D eigenvalue weighted by molar-refractivity contribution is 0.0930. The van der Waals surface area contributed by atoms with Gasteiger partial charge in [0.2, 0.25) is 5.91 Å². The number of nitrogens with two attached hydrogens (primary N) is 1. The number of aromatic nitrogens is 4. The Kier molecular flexibility index (Phi) is 6.00. The van der Waals surface area contributed by atoms with Crippen molar-refractivity contribution < 1.29 is 14.7 Å². The second kappa shape index (κ2) is 8.46. The van der Waals surface area contributed by atoms with Crippen LogP contribution in [0.25, 0.3) is 11.3 Å². The van der Waals surface area contributed by atoms with Crippen molar-refractivity contribution >= 4 is 23.4 Å². The summed E-state index contributed by atoms with van der Waals surface area (Å²) in [6.45, 7) is 3.87. The average Bonchev–Trinajstić information content (AvgIpc) is 3.30. The van der Waals surface area contributed by atoms with E-state index in [0.29, 0.717) is 17.9 Å². The van der Waals surface area contributed by atoms with E-state index in [1.165, 1.54) is 6.07 Å². The van der Waals surface area contributed by atoms with Gasteiger partial charge in [-0.1, -0.05) is 17.7 Å². The Labute approximate surface area is 171 Å². The number of carbonyl (C=O) groups excluding carboxylic acids is 2. The van der Waals surface area contributed by atoms with E-state index < -0.39 is 12.0 Å². The molecule has 0 spiro atoms. The number of halogens is 1. The van der Waals surface area contributed by atoms with Gasteiger partial charge in [0.25, 0.3) is 5.91 Å². The van der Waals surface area contributed by atoms with Crippen molar-refractivity contribution in [3.63, 3.8) is 0 Å². The van der Waals surface area contributed by atoms with Crippen molar-refractivity contribution in [1.29, 1.82) is 0 Å². The number of aromatic amines is 1. The fourth-order valence-electron chi connectivity index (χ4n) is 2.78. The summed E-state index contributed by atoms with van der Waals surface area (Å²) in [4.78, 5) is 23.6. The molecular weight excluding hydrogens is 396 g/mol. The maximum atomic E-state index is 12.3. The molecular formula is C19H21ClN6O3. The number of aliphatic hydroxyl groups is 1. The van der Waals surface area contributed by atoms with Crippen molar-refractivity contribution in [2.24, 2.45) is 5.73 Å². The number of nitrogens with zero attached hydrogens (tertiary/aromatic N) is 3. The van der Waals surface area contributed by atoms with Gasteiger partial charge in [-0.15, -0.1) is 0 Å². The number of nitrogens with one attached hydrogen (secondary N) is 2. The molecule has 0 aliphatic rings. The molecule has 0 fully saturated rings. The second-order valence-corrected chi connectivity index (χ2v) is 7.15. The fourth-order valence-corrected chi connectivity index (χ4v) is 3.06. The Hall–Kier alpha value is -3.17. The summed E-state index contributed by atoms with van der Waals surface area (Å²) >= 11 is 6.10. The number of aliphatic hydroxyl groups excluding tert-OH is 1. The van der Waals surface area contributed by atoms with Gasteiger partial charge >= 0.3 is 0 Å². The number of primary amides is 1. The summed E-state index contributed by atoms with van der Waals surface area (Å²) < 4.78 is 1.70. The van der Waals surface area contributed by atoms with E-state index in [1.807, 2.05) is 13.0 Å². The quantitative estimate of drug-likeness (QED) is 0.465. The Morgan fingerprint density at radius 3 is 2.69 bits per heavy atom. The van der Waals surface area contributed by atoms with Gasteiger partial charge in [-0.05, 0) is 38.1 Å². The average molecular weight is 417 g/mol. The number of rotatable bonds is 7. The number of hydrogen-bond acceptors (Lipinski definition) is 5. The highest BCUT2D eigenvalue weighted by molar-refractivity contribution is 6.34. The number of hydrogen-bond donors (Lipinski definition) is 4. The third-order valence-corrected chi connectivity index (χ3v) is 4.60. The number of carbonyl (C=O) groups is 2. The summed E-state index contributed by atoms with van der Waals surface area (Å²) in [5.41, 5.74) is 7.62. The van der Waals surface area contributed by atoms with E-state index in [4.69, 9.17) is 17.3 Å². The molecule has 2 heterocycles. The molecule has 0 saturated heterocycles. The van der Waals surface area contributed by atoms with E-state index in [0.717, 1.165) is 5.56 Å². The highest BCUT2D eigenvalue weighted by Crippen LogP contribution is 2.24. The molecule has 5 N–H and O–H groups in total. The van der Waals surface area contributed by atoms with Gasteiger partial charge in [0.05, 0.1) is 34.6 Å². The van der Waals surface area contributed by atoms with Crippen molar-refractivity contribution in [2.75, 3.05) is 0 Å². The van der Waals surface area contributed by atoms with Crippen LogP contribution in [0.3, 0.4) is 0 Å². The van der Waals surface area contributed by atoms with Crippen LogP contribution in [-0.2, 0) is 6.54 Å². The lowest BCUT2D eigenvalue weighted by Gasteiger charge is -2.13. The molecule has 3 aromatic rings. The Morgan fingerprint density at radius 2 is 2.07 bits per heavy atom. The third-order valence-electron chi connectivity index (χ3n) is 4.29. The zero-order valence-corrected chi connectivity index (χ0v) is 16.6. The van der Waals surface area contributed by atoms with Crippen LogP contribution < -0.4 is 11.1 Å². The first-order valence-electron chi connectivity index (χ1n) is 8.92. The summed E-state index contributed by atoms with van der Waals surface area (Å²) in [6, 6.07) is 8.03. The van der Waals surface area contributed by atoms with Crippen LogP contribution in [0.2, 0.25) is 5.02 Å². The van der Waals surface area contributed by atoms with Crippen LogP contribution in [0, 0.1) is 0 Å². The van der Waals surface area contributed by atoms with Crippen molar-refractivity contribution in [2.45, 2.75) is 32.5 Å². The molecule has 1 unspecified atom stereocenters. The zero-order valence-electron chi connectivity index (χ0n) is 15.9. The highest BCUT2D eigenvalue weighted by atomic mass is 35.5. The molecule has 0 saturated carbocycles. The van der Waals surface area contributed by atoms with Gasteiger partial charge in [-0.3, -0.25) is 19.4 Å². The van der Waals surface area contributed by atoms with Gasteiger partial charge < -0.3 is 16.2 Å². The molecule has 29 heavy (non-hydrogen) atoms. The van der Waals surface area contributed by atoms with Crippen molar-refractivity contribution in [3.05, 3.63) is 58.5 Å². The summed E-state index contributed by atoms with van der Waals surface area (Å²) in [7, 11) is 0. The van der Waals surface area contributed by atoms with Gasteiger partial charge in [-0.2, -0.15) is 10.2 Å². The normalized spacial score (nSPS) is 13.1. The van der Waals surface area contributed by atoms with E-state index in [9.17, 15) is 14.7 Å². The first kappa shape index (κ1) is 20.6. The maximum absolute atomic E-state index is 12.3. The topological polar surface area (TPSA) is 139 Å². The standard InChI is InChI=1S/C19H21ClN6O3/c1-10(22-19(29)17-8-16(11(2)27)23-24-17)9-26-6-5-15(25-26)12-3-4-13(18(21)28)14(20)7-12/h3-8,10-11,27H,9H2,1-2H3,(H2,21,28)(H,22,29)(H,23,24)/t10-,11?/m0/s1. The smallest absolute Gasteiger partial charge is 0.272 e. The Bertz CT molecular complexity index is 1040. The van der Waals surface area contributed by atoms with E-state index in [2.05, 4.69) is 20.6 Å². The number of benzene rings is 1. The van der Waals surface area contributed by atoms with Crippen LogP contribution in [-0.4, -0.2) is 42.9 Å². The molecule has 2 amide bonds. The van der Waals surface area contributed by atoms with Gasteiger partial charge in [-0.25, -0.2) is 0 Å². The van der Waals surface area contributed by atoms with Gasteiger partial charge in [0.1, 0.15) is 5.69 Å². The van der Waals surface area contributed by atoms with Gasteiger partial charge in [0.15, 0.2) is 0 Å². The summed E-state index contributed by atoms with van der Waals surface area (Å²) in [6.07, 6.45) is 1.06. The van der Waals surface area contributed by atoms with Crippen LogP contribution in [0.4, 0.5) is 0 Å². The fraction of sp³-hybridized carbons (Fsp3) is 0.263. The highest BCUT2D eigenvalue weighted by Gasteiger charge is 2.16. The largest absolute Gasteiger partial charge is 0.387 e. The summed E-state index contributed by atoms with van der Waals surface area (Å²) in [5.74, 6) is -0.934. The lowest BCUT2D eigenvalue weighted by Crippen LogP contribution is -2.36. The molecule has 0 radical (unpaired) electrons. The Morgan fingerprint density at radius 1 is 1.31 bits per heavy atom. The lowest BCUT2D eigenvalue weighted by atomic mass is 10.1. The second-order valence-electron chi connectivity index (χ2n) is 6.74. The van der Waals surface area contributed by atoms with Gasteiger partial charge in [0, 0.05) is 17.8 Å². The molecule has 2 aromatic heterocycles.